The summed E-state index contributed by atoms with van der Waals surface area (Å²) < 4.78 is 0. The molecule has 0 rings (SSSR count). The lowest BCUT2D eigenvalue weighted by Gasteiger charge is -2.32. The van der Waals surface area contributed by atoms with Crippen LogP contribution in [0.3, 0.4) is 0 Å². The van der Waals surface area contributed by atoms with E-state index in [9.17, 15) is 5.11 Å². The zero-order valence-electron chi connectivity index (χ0n) is 8.57. The Kier molecular flexibility index (Phi) is 3.56. The van der Waals surface area contributed by atoms with Crippen LogP contribution in [0.25, 0.3) is 0 Å². The van der Waals surface area contributed by atoms with E-state index in [4.69, 9.17) is 0 Å². The summed E-state index contributed by atoms with van der Waals surface area (Å²) in [6, 6.07) is 0. The van der Waals surface area contributed by atoms with E-state index in [-0.39, 0.29) is 5.41 Å². The van der Waals surface area contributed by atoms with Gasteiger partial charge in [-0.1, -0.05) is 34.6 Å². The molecule has 0 radical (unpaired) electrons. The van der Waals surface area contributed by atoms with Crippen molar-refractivity contribution in [2.45, 2.75) is 59.5 Å². The minimum absolute atomic E-state index is 0.237. The van der Waals surface area contributed by atoms with Crippen LogP contribution in [0.5, 0.6) is 0 Å². The topological polar surface area (TPSA) is 20.2 Å². The van der Waals surface area contributed by atoms with Crippen molar-refractivity contribution in [1.29, 1.82) is 0 Å². The molecule has 1 N–H and O–H groups in total. The first-order valence-corrected chi connectivity index (χ1v) is 4.55. The molecule has 1 nitrogen and oxygen atoms in total. The van der Waals surface area contributed by atoms with Gasteiger partial charge in [0.05, 0.1) is 5.60 Å². The highest BCUT2D eigenvalue weighted by Crippen LogP contribution is 2.31. The first-order valence-electron chi connectivity index (χ1n) is 4.55. The lowest BCUT2D eigenvalue weighted by atomic mass is 9.79. The molecule has 0 fully saturated rings. The molecule has 0 aromatic carbocycles. The molecule has 0 saturated heterocycles. The van der Waals surface area contributed by atoms with E-state index in [0.717, 1.165) is 19.3 Å². The second-order valence-electron chi connectivity index (χ2n) is 4.67. The molecule has 0 spiro atoms. The number of rotatable bonds is 3. The first-order chi connectivity index (χ1) is 4.83. The summed E-state index contributed by atoms with van der Waals surface area (Å²) in [5.41, 5.74) is -0.195. The molecular weight excluding hydrogens is 136 g/mol. The molecule has 0 aliphatic heterocycles. The lowest BCUT2D eigenvalue weighted by molar-refractivity contribution is -0.00518. The number of hydrogen-bond acceptors (Lipinski definition) is 1. The molecule has 0 aliphatic carbocycles. The first kappa shape index (κ1) is 11.0. The van der Waals surface area contributed by atoms with Gasteiger partial charge < -0.3 is 5.11 Å². The normalized spacial score (nSPS) is 13.6. The molecule has 0 unspecified atom stereocenters. The van der Waals surface area contributed by atoms with Crippen molar-refractivity contribution in [3.05, 3.63) is 0 Å². The molecule has 0 aromatic rings. The Labute approximate surface area is 70.8 Å². The van der Waals surface area contributed by atoms with Gasteiger partial charge in [-0.15, -0.1) is 0 Å². The Balaban J connectivity index is 4.08. The van der Waals surface area contributed by atoms with Crippen LogP contribution in [0.1, 0.15) is 53.9 Å². The van der Waals surface area contributed by atoms with Crippen LogP contribution in [0, 0.1) is 5.41 Å². The summed E-state index contributed by atoms with van der Waals surface area (Å²) in [6.45, 7) is 10.6. The van der Waals surface area contributed by atoms with Crippen LogP contribution in [0.2, 0.25) is 0 Å². The molecule has 0 aromatic heterocycles. The van der Waals surface area contributed by atoms with Crippen LogP contribution < -0.4 is 0 Å². The SMILES string of the molecule is CCC(O)(CC)CC(C)(C)C. The maximum absolute atomic E-state index is 9.96. The van der Waals surface area contributed by atoms with Crippen molar-refractivity contribution in [2.24, 2.45) is 5.41 Å². The zero-order valence-corrected chi connectivity index (χ0v) is 8.57. The largest absolute Gasteiger partial charge is 0.390 e. The van der Waals surface area contributed by atoms with Crippen molar-refractivity contribution in [3.63, 3.8) is 0 Å². The second kappa shape index (κ2) is 3.57. The molecule has 0 atom stereocenters. The monoisotopic (exact) mass is 158 g/mol. The summed E-state index contributed by atoms with van der Waals surface area (Å²) in [5.74, 6) is 0. The average Bonchev–Trinajstić information content (AvgIpc) is 1.84. The predicted octanol–water partition coefficient (Wildman–Crippen LogP) is 2.97. The molecule has 0 amide bonds. The van der Waals surface area contributed by atoms with Crippen LogP contribution in [0.15, 0.2) is 0 Å². The number of aliphatic hydroxyl groups is 1. The minimum atomic E-state index is -0.432. The van der Waals surface area contributed by atoms with Crippen LogP contribution in [0.4, 0.5) is 0 Å². The summed E-state index contributed by atoms with van der Waals surface area (Å²) in [7, 11) is 0. The summed E-state index contributed by atoms with van der Waals surface area (Å²) >= 11 is 0. The van der Waals surface area contributed by atoms with Gasteiger partial charge in [0.25, 0.3) is 0 Å². The van der Waals surface area contributed by atoms with Gasteiger partial charge in [-0.25, -0.2) is 0 Å². The van der Waals surface area contributed by atoms with Gasteiger partial charge in [0.2, 0.25) is 0 Å². The van der Waals surface area contributed by atoms with Gasteiger partial charge in [0, 0.05) is 0 Å². The maximum Gasteiger partial charge on any atom is 0.0647 e. The Bertz CT molecular complexity index is 107. The fraction of sp³-hybridized carbons (Fsp3) is 1.00. The Hall–Kier alpha value is -0.0400. The average molecular weight is 158 g/mol. The van der Waals surface area contributed by atoms with Gasteiger partial charge >= 0.3 is 0 Å². The third-order valence-corrected chi connectivity index (χ3v) is 2.18. The van der Waals surface area contributed by atoms with Crippen molar-refractivity contribution >= 4 is 0 Å². The smallest absolute Gasteiger partial charge is 0.0647 e. The number of hydrogen-bond donors (Lipinski definition) is 1. The highest BCUT2D eigenvalue weighted by Gasteiger charge is 2.28. The highest BCUT2D eigenvalue weighted by atomic mass is 16.3. The fourth-order valence-electron chi connectivity index (χ4n) is 1.49. The van der Waals surface area contributed by atoms with Crippen molar-refractivity contribution in [3.8, 4) is 0 Å². The molecular formula is C10H22O. The molecule has 11 heavy (non-hydrogen) atoms. The van der Waals surface area contributed by atoms with E-state index in [2.05, 4.69) is 34.6 Å². The molecule has 0 saturated carbocycles. The Morgan fingerprint density at radius 2 is 1.36 bits per heavy atom. The van der Waals surface area contributed by atoms with E-state index in [1.54, 1.807) is 0 Å². The van der Waals surface area contributed by atoms with Crippen molar-refractivity contribution in [2.75, 3.05) is 0 Å². The molecule has 0 heterocycles. The van der Waals surface area contributed by atoms with Crippen LogP contribution in [-0.4, -0.2) is 10.7 Å². The minimum Gasteiger partial charge on any atom is -0.390 e. The third kappa shape index (κ3) is 4.41. The summed E-state index contributed by atoms with van der Waals surface area (Å²) in [5, 5.41) is 9.96. The fourth-order valence-corrected chi connectivity index (χ4v) is 1.49. The molecule has 68 valence electrons. The Morgan fingerprint density at radius 3 is 1.45 bits per heavy atom. The Morgan fingerprint density at radius 1 is 1.00 bits per heavy atom. The molecule has 0 aliphatic rings. The highest BCUT2D eigenvalue weighted by molar-refractivity contribution is 4.80. The van der Waals surface area contributed by atoms with Crippen LogP contribution in [-0.2, 0) is 0 Å². The van der Waals surface area contributed by atoms with Crippen molar-refractivity contribution in [1.82, 2.24) is 0 Å². The second-order valence-corrected chi connectivity index (χ2v) is 4.67. The van der Waals surface area contributed by atoms with Gasteiger partial charge in [0.1, 0.15) is 0 Å². The third-order valence-electron chi connectivity index (χ3n) is 2.18. The predicted molar refractivity (Wildman–Crippen MR) is 49.6 cm³/mol. The molecule has 0 bridgehead atoms. The van der Waals surface area contributed by atoms with Crippen molar-refractivity contribution < 1.29 is 5.11 Å². The van der Waals surface area contributed by atoms with E-state index >= 15 is 0 Å². The van der Waals surface area contributed by atoms with E-state index < -0.39 is 5.60 Å². The van der Waals surface area contributed by atoms with Gasteiger partial charge in [-0.3, -0.25) is 0 Å². The van der Waals surface area contributed by atoms with E-state index in [1.165, 1.54) is 0 Å². The van der Waals surface area contributed by atoms with Crippen LogP contribution >= 0.6 is 0 Å². The standard InChI is InChI=1S/C10H22O/c1-6-10(11,7-2)8-9(3,4)5/h11H,6-8H2,1-5H3. The quantitative estimate of drug-likeness (QED) is 0.669. The zero-order chi connectivity index (χ0) is 9.12. The van der Waals surface area contributed by atoms with Gasteiger partial charge in [-0.2, -0.15) is 0 Å². The summed E-state index contributed by atoms with van der Waals surface area (Å²) in [6.07, 6.45) is 2.62. The van der Waals surface area contributed by atoms with Gasteiger partial charge in [0.15, 0.2) is 0 Å². The lowest BCUT2D eigenvalue weighted by Crippen LogP contribution is -2.32. The van der Waals surface area contributed by atoms with Gasteiger partial charge in [-0.05, 0) is 24.7 Å². The van der Waals surface area contributed by atoms with E-state index in [0.29, 0.717) is 0 Å². The summed E-state index contributed by atoms with van der Waals surface area (Å²) in [4.78, 5) is 0. The molecule has 1 heteroatoms. The van der Waals surface area contributed by atoms with E-state index in [1.807, 2.05) is 0 Å². The maximum atomic E-state index is 9.96.